The van der Waals surface area contributed by atoms with Crippen LogP contribution in [-0.4, -0.2) is 57.8 Å². The number of amides is 1. The lowest BCUT2D eigenvalue weighted by molar-refractivity contribution is -0.138. The molecule has 1 N–H and O–H groups in total. The molecule has 0 saturated carbocycles. The Labute approximate surface area is 157 Å². The minimum atomic E-state index is -0.894. The van der Waals surface area contributed by atoms with Crippen molar-refractivity contribution in [3.8, 4) is 22.1 Å². The number of carboxylic acid groups (broad SMARTS) is 1. The van der Waals surface area contributed by atoms with Gasteiger partial charge in [-0.25, -0.2) is 4.98 Å². The molecule has 2 aliphatic heterocycles. The second-order valence-corrected chi connectivity index (χ2v) is 7.94. The third-order valence-electron chi connectivity index (χ3n) is 4.24. The molecular weight excluding hydrogens is 376 g/mol. The number of carbonyl (C=O) groups is 2. The summed E-state index contributed by atoms with van der Waals surface area (Å²) in [7, 11) is 0. The highest BCUT2D eigenvalue weighted by Crippen LogP contribution is 2.37. The summed E-state index contributed by atoms with van der Waals surface area (Å²) in [5.74, 6) is 1.71. The van der Waals surface area contributed by atoms with Gasteiger partial charge in [0, 0.05) is 29.0 Å². The first-order valence-electron chi connectivity index (χ1n) is 8.08. The van der Waals surface area contributed by atoms with E-state index in [9.17, 15) is 9.59 Å². The first-order valence-corrected chi connectivity index (χ1v) is 10.1. The van der Waals surface area contributed by atoms with Gasteiger partial charge < -0.3 is 19.5 Å². The van der Waals surface area contributed by atoms with Gasteiger partial charge in [0.25, 0.3) is 5.91 Å². The first-order chi connectivity index (χ1) is 12.6. The summed E-state index contributed by atoms with van der Waals surface area (Å²) in [6.45, 7) is 0.747. The van der Waals surface area contributed by atoms with E-state index in [0.29, 0.717) is 34.5 Å². The van der Waals surface area contributed by atoms with E-state index in [-0.39, 0.29) is 25.2 Å². The summed E-state index contributed by atoms with van der Waals surface area (Å²) < 4.78 is 10.7. The molecule has 0 radical (unpaired) electrons. The van der Waals surface area contributed by atoms with Gasteiger partial charge in [0.15, 0.2) is 11.5 Å². The number of hydrogen-bond donors (Lipinski definition) is 1. The van der Waals surface area contributed by atoms with E-state index in [1.165, 1.54) is 11.3 Å². The van der Waals surface area contributed by atoms with Crippen LogP contribution in [0.4, 0.5) is 0 Å². The maximum Gasteiger partial charge on any atom is 0.305 e. The van der Waals surface area contributed by atoms with Crippen molar-refractivity contribution in [3.05, 3.63) is 29.3 Å². The summed E-state index contributed by atoms with van der Waals surface area (Å²) in [6.07, 6.45) is -0.0438. The molecule has 9 heteroatoms. The number of aliphatic carboxylic acids is 1. The van der Waals surface area contributed by atoms with Crippen molar-refractivity contribution >= 4 is 35.0 Å². The van der Waals surface area contributed by atoms with Crippen LogP contribution >= 0.6 is 23.1 Å². The first kappa shape index (κ1) is 17.2. The number of carboxylic acids is 1. The van der Waals surface area contributed by atoms with Crippen LogP contribution in [0.15, 0.2) is 23.6 Å². The van der Waals surface area contributed by atoms with E-state index in [2.05, 4.69) is 4.98 Å². The minimum absolute atomic E-state index is 0.0438. The lowest BCUT2D eigenvalue weighted by Gasteiger charge is -2.34. The number of carbonyl (C=O) groups excluding carboxylic acids is 1. The molecule has 1 unspecified atom stereocenters. The fourth-order valence-electron chi connectivity index (χ4n) is 2.97. The van der Waals surface area contributed by atoms with Crippen molar-refractivity contribution in [1.82, 2.24) is 9.88 Å². The topological polar surface area (TPSA) is 89.0 Å². The van der Waals surface area contributed by atoms with Gasteiger partial charge in [-0.2, -0.15) is 11.8 Å². The zero-order chi connectivity index (χ0) is 18.1. The predicted molar refractivity (Wildman–Crippen MR) is 98.1 cm³/mol. The number of ether oxygens (including phenoxy) is 2. The Morgan fingerprint density at radius 1 is 1.31 bits per heavy atom. The van der Waals surface area contributed by atoms with Crippen molar-refractivity contribution < 1.29 is 24.2 Å². The molecule has 1 fully saturated rings. The Balaban J connectivity index is 1.55. The maximum absolute atomic E-state index is 12.8. The maximum atomic E-state index is 12.8. The smallest absolute Gasteiger partial charge is 0.305 e. The number of thioether (sulfide) groups is 1. The average Bonchev–Trinajstić information content (AvgIpc) is 3.30. The number of fused-ring (bicyclic) bond motifs is 1. The summed E-state index contributed by atoms with van der Waals surface area (Å²) in [6, 6.07) is 5.26. The Hall–Kier alpha value is -2.26. The van der Waals surface area contributed by atoms with E-state index in [0.717, 1.165) is 11.3 Å². The molecule has 3 heterocycles. The highest BCUT2D eigenvalue weighted by molar-refractivity contribution is 7.99. The molecule has 2 aromatic rings. The number of rotatable bonds is 4. The van der Waals surface area contributed by atoms with Crippen molar-refractivity contribution in [2.75, 3.05) is 24.8 Å². The summed E-state index contributed by atoms with van der Waals surface area (Å²) in [4.78, 5) is 30.0. The van der Waals surface area contributed by atoms with Gasteiger partial charge in [-0.1, -0.05) is 0 Å². The van der Waals surface area contributed by atoms with E-state index >= 15 is 0 Å². The van der Waals surface area contributed by atoms with Crippen molar-refractivity contribution in [2.24, 2.45) is 0 Å². The highest BCUT2D eigenvalue weighted by Gasteiger charge is 2.30. The van der Waals surface area contributed by atoms with Crippen LogP contribution in [0.2, 0.25) is 0 Å². The van der Waals surface area contributed by atoms with Gasteiger partial charge >= 0.3 is 5.97 Å². The van der Waals surface area contributed by atoms with E-state index < -0.39 is 5.97 Å². The third-order valence-corrected chi connectivity index (χ3v) is 6.22. The second kappa shape index (κ2) is 7.16. The largest absolute Gasteiger partial charge is 0.481 e. The van der Waals surface area contributed by atoms with E-state index in [4.69, 9.17) is 14.6 Å². The van der Waals surface area contributed by atoms with Crippen LogP contribution in [0.5, 0.6) is 11.5 Å². The van der Waals surface area contributed by atoms with Crippen LogP contribution in [-0.2, 0) is 4.79 Å². The molecule has 2 aliphatic rings. The highest BCUT2D eigenvalue weighted by atomic mass is 32.2. The molecule has 7 nitrogen and oxygen atoms in total. The molecule has 1 aromatic heterocycles. The molecule has 4 rings (SSSR count). The lowest BCUT2D eigenvalue weighted by atomic mass is 10.2. The predicted octanol–water partition coefficient (Wildman–Crippen LogP) is 2.57. The number of thiazole rings is 1. The van der Waals surface area contributed by atoms with Crippen molar-refractivity contribution in [1.29, 1.82) is 0 Å². The molecule has 1 amide bonds. The fraction of sp³-hybridized carbons (Fsp3) is 0.353. The van der Waals surface area contributed by atoms with Gasteiger partial charge in [-0.05, 0) is 18.2 Å². The van der Waals surface area contributed by atoms with Gasteiger partial charge in [0.1, 0.15) is 10.7 Å². The quantitative estimate of drug-likeness (QED) is 0.855. The Morgan fingerprint density at radius 3 is 3.00 bits per heavy atom. The fourth-order valence-corrected chi connectivity index (χ4v) is 4.83. The molecule has 136 valence electrons. The van der Waals surface area contributed by atoms with Crippen LogP contribution in [0.3, 0.4) is 0 Å². The van der Waals surface area contributed by atoms with Crippen molar-refractivity contribution in [2.45, 2.75) is 12.5 Å². The van der Waals surface area contributed by atoms with Crippen LogP contribution in [0.25, 0.3) is 10.6 Å². The number of benzene rings is 1. The molecular formula is C17H16N2O5S2. The number of aromatic nitrogens is 1. The SMILES string of the molecule is O=C(O)CC1CSCCN1C(=O)c1csc(-c2ccc3c(c2)OCO3)n1. The Morgan fingerprint density at radius 2 is 2.15 bits per heavy atom. The van der Waals surface area contributed by atoms with Crippen LogP contribution < -0.4 is 9.47 Å². The monoisotopic (exact) mass is 392 g/mol. The summed E-state index contributed by atoms with van der Waals surface area (Å²) in [5.41, 5.74) is 1.21. The lowest BCUT2D eigenvalue weighted by Crippen LogP contribution is -2.47. The molecule has 0 aliphatic carbocycles. The van der Waals surface area contributed by atoms with Gasteiger partial charge in [0.2, 0.25) is 6.79 Å². The molecule has 0 spiro atoms. The normalized spacial score (nSPS) is 18.8. The summed E-state index contributed by atoms with van der Waals surface area (Å²) in [5, 5.41) is 11.5. The average molecular weight is 392 g/mol. The molecule has 1 aromatic carbocycles. The van der Waals surface area contributed by atoms with Crippen molar-refractivity contribution in [3.63, 3.8) is 0 Å². The van der Waals surface area contributed by atoms with Gasteiger partial charge in [-0.15, -0.1) is 11.3 Å². The van der Waals surface area contributed by atoms with Crippen LogP contribution in [0, 0.1) is 0 Å². The Kier molecular flexibility index (Phi) is 4.73. The Bertz CT molecular complexity index is 853. The minimum Gasteiger partial charge on any atom is -0.481 e. The standard InChI is InChI=1S/C17H16N2O5S2/c20-15(21)6-11-7-25-4-3-19(11)17(22)12-8-26-16(18-12)10-1-2-13-14(5-10)24-9-23-13/h1-2,5,8,11H,3-4,6-7,9H2,(H,20,21). The summed E-state index contributed by atoms with van der Waals surface area (Å²) >= 11 is 3.05. The molecule has 1 atom stereocenters. The third kappa shape index (κ3) is 3.36. The second-order valence-electron chi connectivity index (χ2n) is 5.93. The van der Waals surface area contributed by atoms with Crippen LogP contribution in [0.1, 0.15) is 16.9 Å². The molecule has 1 saturated heterocycles. The van der Waals surface area contributed by atoms with E-state index in [1.807, 2.05) is 18.2 Å². The number of hydrogen-bond acceptors (Lipinski definition) is 7. The molecule has 0 bridgehead atoms. The zero-order valence-corrected chi connectivity index (χ0v) is 15.3. The van der Waals surface area contributed by atoms with Gasteiger partial charge in [0.05, 0.1) is 12.5 Å². The molecule has 26 heavy (non-hydrogen) atoms. The van der Waals surface area contributed by atoms with E-state index in [1.54, 1.807) is 22.0 Å². The number of nitrogens with zero attached hydrogens (tertiary/aromatic N) is 2. The zero-order valence-electron chi connectivity index (χ0n) is 13.7. The van der Waals surface area contributed by atoms with Gasteiger partial charge in [-0.3, -0.25) is 9.59 Å².